The summed E-state index contributed by atoms with van der Waals surface area (Å²) in [6.07, 6.45) is 6.04. The normalized spacial score (nSPS) is 31.9. The number of amides is 1. The number of unbranched alkanes of at least 4 members (excludes halogenated alkanes) is 7. The highest BCUT2D eigenvalue weighted by molar-refractivity contribution is 5.76. The van der Waals surface area contributed by atoms with Gasteiger partial charge in [-0.05, 0) is 38.5 Å². The van der Waals surface area contributed by atoms with E-state index in [0.29, 0.717) is 6.42 Å². The molecule has 0 spiro atoms. The van der Waals surface area contributed by atoms with Gasteiger partial charge in [-0.3, -0.25) is 4.79 Å². The average Bonchev–Trinajstić information content (AvgIpc) is 3.11. The summed E-state index contributed by atoms with van der Waals surface area (Å²) in [5.74, 6) is -0.271. The van der Waals surface area contributed by atoms with Gasteiger partial charge in [-0.15, -0.1) is 0 Å². The predicted molar refractivity (Wildman–Crippen MR) is 184 cm³/mol. The van der Waals surface area contributed by atoms with Crippen LogP contribution in [0, 0.1) is 0 Å². The third kappa shape index (κ3) is 15.1. The van der Waals surface area contributed by atoms with Gasteiger partial charge in [-0.25, -0.2) is 0 Å². The van der Waals surface area contributed by atoms with E-state index < -0.39 is 86.8 Å². The number of allylic oxidation sites excluding steroid dienone is 5. The maximum absolute atomic E-state index is 12.8. The number of carbonyl (C=O) groups is 1. The molecule has 12 atom stereocenters. The molecule has 0 saturated carbocycles. The van der Waals surface area contributed by atoms with Crippen molar-refractivity contribution in [2.24, 2.45) is 0 Å². The zero-order valence-corrected chi connectivity index (χ0v) is 29.6. The first-order chi connectivity index (χ1) is 24.1. The molecule has 14 nitrogen and oxygen atoms in total. The molecule has 2 saturated heterocycles. The number of aliphatic hydroxyl groups excluding tert-OH is 8. The molecule has 0 aromatic heterocycles. The van der Waals surface area contributed by atoms with Crippen LogP contribution in [0.25, 0.3) is 0 Å². The molecular weight excluding hydrogens is 654 g/mol. The number of hydrogen-bond acceptors (Lipinski definition) is 13. The fourth-order valence-electron chi connectivity index (χ4n) is 5.68. The van der Waals surface area contributed by atoms with Crippen molar-refractivity contribution in [3.63, 3.8) is 0 Å². The minimum absolute atomic E-state index is 0.261. The third-order valence-electron chi connectivity index (χ3n) is 8.78. The summed E-state index contributed by atoms with van der Waals surface area (Å²) >= 11 is 0. The summed E-state index contributed by atoms with van der Waals surface area (Å²) in [6.45, 7) is 2.42. The summed E-state index contributed by atoms with van der Waals surface area (Å²) in [6, 6.07) is -0.914. The fourth-order valence-corrected chi connectivity index (χ4v) is 5.68. The minimum atomic E-state index is -1.78. The molecule has 2 heterocycles. The Morgan fingerprint density at radius 1 is 0.720 bits per heavy atom. The Labute approximate surface area is 296 Å². The quantitative estimate of drug-likeness (QED) is 0.0500. The average molecular weight is 718 g/mol. The Morgan fingerprint density at radius 3 is 2.00 bits per heavy atom. The molecule has 2 aliphatic rings. The third-order valence-corrected chi connectivity index (χ3v) is 8.78. The first-order valence-electron chi connectivity index (χ1n) is 18.2. The van der Waals surface area contributed by atoms with Crippen LogP contribution in [0.3, 0.4) is 0 Å². The zero-order valence-electron chi connectivity index (χ0n) is 29.6. The van der Waals surface area contributed by atoms with E-state index in [1.807, 2.05) is 6.92 Å². The highest BCUT2D eigenvalue weighted by atomic mass is 16.7. The molecule has 2 fully saturated rings. The van der Waals surface area contributed by atoms with Gasteiger partial charge in [0.15, 0.2) is 12.6 Å². The van der Waals surface area contributed by atoms with Crippen LogP contribution in [0.5, 0.6) is 0 Å². The van der Waals surface area contributed by atoms with E-state index in [9.17, 15) is 45.6 Å². The van der Waals surface area contributed by atoms with Crippen molar-refractivity contribution in [2.45, 2.75) is 164 Å². The molecule has 2 rings (SSSR count). The molecule has 0 aromatic rings. The van der Waals surface area contributed by atoms with E-state index in [0.717, 1.165) is 64.2 Å². The molecule has 290 valence electrons. The van der Waals surface area contributed by atoms with Crippen molar-refractivity contribution < 1.29 is 64.6 Å². The number of carbonyl (C=O) groups excluding carboxylic acids is 1. The van der Waals surface area contributed by atoms with Crippen LogP contribution < -0.4 is 5.32 Å². The van der Waals surface area contributed by atoms with Gasteiger partial charge in [0, 0.05) is 6.42 Å². The molecule has 2 aliphatic heterocycles. The molecule has 14 heteroatoms. The van der Waals surface area contributed by atoms with E-state index in [4.69, 9.17) is 18.9 Å². The standard InChI is InChI=1S/C36H63NO13/c1-3-5-7-8-9-10-11-12-13-14-15-16-18-20-28(41)37-24(25(40)19-17-6-4-2)23-47-35-33(46)31(44)34(27(22-39)49-35)50-36-32(45)30(43)29(42)26(21-38)48-36/h7-8,10-11,17,19,24-27,29-36,38-40,42-46H,3-6,9,12-16,18,20-23H2,1-2H3,(H,37,41)/b8-7-,11-10-,19-17+. The smallest absolute Gasteiger partial charge is 0.220 e. The molecular formula is C36H63NO13. The Balaban J connectivity index is 1.88. The van der Waals surface area contributed by atoms with Crippen molar-refractivity contribution in [1.82, 2.24) is 5.32 Å². The number of rotatable bonds is 24. The lowest BCUT2D eigenvalue weighted by Crippen LogP contribution is -2.65. The highest BCUT2D eigenvalue weighted by Crippen LogP contribution is 2.29. The van der Waals surface area contributed by atoms with Gasteiger partial charge in [0.2, 0.25) is 5.91 Å². The number of nitrogens with one attached hydrogen (secondary N) is 1. The minimum Gasteiger partial charge on any atom is -0.394 e. The summed E-state index contributed by atoms with van der Waals surface area (Å²) in [5.41, 5.74) is 0. The molecule has 0 bridgehead atoms. The highest BCUT2D eigenvalue weighted by Gasteiger charge is 2.50. The van der Waals surface area contributed by atoms with E-state index in [2.05, 4.69) is 36.5 Å². The van der Waals surface area contributed by atoms with Crippen molar-refractivity contribution >= 4 is 5.91 Å². The van der Waals surface area contributed by atoms with E-state index in [-0.39, 0.29) is 18.9 Å². The van der Waals surface area contributed by atoms with Crippen molar-refractivity contribution in [3.05, 3.63) is 36.5 Å². The Hall–Kier alpha value is -1.79. The molecule has 9 N–H and O–H groups in total. The molecule has 1 amide bonds. The maximum atomic E-state index is 12.8. The lowest BCUT2D eigenvalue weighted by molar-refractivity contribution is -0.359. The fraction of sp³-hybridized carbons (Fsp3) is 0.806. The van der Waals surface area contributed by atoms with Gasteiger partial charge in [0.25, 0.3) is 0 Å². The summed E-state index contributed by atoms with van der Waals surface area (Å²) in [4.78, 5) is 12.8. The second-order valence-electron chi connectivity index (χ2n) is 13.0. The van der Waals surface area contributed by atoms with Crippen LogP contribution in [0.15, 0.2) is 36.5 Å². The zero-order chi connectivity index (χ0) is 36.9. The summed E-state index contributed by atoms with van der Waals surface area (Å²) in [7, 11) is 0. The SMILES string of the molecule is CCC/C=C\C/C=C\CCCCCCCC(=O)NC(COC1OC(CO)C(OC2OC(CO)C(O)C(O)C2O)C(O)C1O)C(O)/C=C/CCC. The van der Waals surface area contributed by atoms with Crippen molar-refractivity contribution in [1.29, 1.82) is 0 Å². The van der Waals surface area contributed by atoms with Crippen LogP contribution in [-0.2, 0) is 23.7 Å². The van der Waals surface area contributed by atoms with E-state index >= 15 is 0 Å². The predicted octanol–water partition coefficient (Wildman–Crippen LogP) is 0.862. The summed E-state index contributed by atoms with van der Waals surface area (Å²) < 4.78 is 22.3. The van der Waals surface area contributed by atoms with Gasteiger partial charge >= 0.3 is 0 Å². The lowest BCUT2D eigenvalue weighted by atomic mass is 9.97. The first kappa shape index (κ1) is 44.4. The van der Waals surface area contributed by atoms with Gasteiger partial charge < -0.3 is 65.1 Å². The first-order valence-corrected chi connectivity index (χ1v) is 18.2. The van der Waals surface area contributed by atoms with Crippen LogP contribution in [0.2, 0.25) is 0 Å². The molecule has 0 aliphatic carbocycles. The van der Waals surface area contributed by atoms with Crippen LogP contribution >= 0.6 is 0 Å². The Bertz CT molecular complexity index is 993. The number of hydrogen-bond donors (Lipinski definition) is 9. The van der Waals surface area contributed by atoms with Crippen molar-refractivity contribution in [2.75, 3.05) is 19.8 Å². The van der Waals surface area contributed by atoms with Crippen LogP contribution in [-0.4, -0.2) is 140 Å². The Morgan fingerprint density at radius 2 is 1.32 bits per heavy atom. The van der Waals surface area contributed by atoms with Crippen LogP contribution in [0.4, 0.5) is 0 Å². The number of aliphatic hydroxyl groups is 8. The largest absolute Gasteiger partial charge is 0.394 e. The maximum Gasteiger partial charge on any atom is 0.220 e. The van der Waals surface area contributed by atoms with E-state index in [1.165, 1.54) is 0 Å². The van der Waals surface area contributed by atoms with E-state index in [1.54, 1.807) is 12.2 Å². The van der Waals surface area contributed by atoms with Crippen molar-refractivity contribution in [3.8, 4) is 0 Å². The topological polar surface area (TPSA) is 228 Å². The van der Waals surface area contributed by atoms with Crippen LogP contribution in [0.1, 0.15) is 90.9 Å². The molecule has 0 radical (unpaired) electrons. The molecule has 0 aromatic carbocycles. The number of ether oxygens (including phenoxy) is 4. The Kier molecular flexibility index (Phi) is 22.4. The van der Waals surface area contributed by atoms with Gasteiger partial charge in [-0.1, -0.05) is 82.4 Å². The molecule has 12 unspecified atom stereocenters. The second kappa shape index (κ2) is 25.2. The van der Waals surface area contributed by atoms with Gasteiger partial charge in [0.1, 0.15) is 48.8 Å². The monoisotopic (exact) mass is 717 g/mol. The molecule has 50 heavy (non-hydrogen) atoms. The summed E-state index contributed by atoms with van der Waals surface area (Å²) in [5, 5.41) is 85.3. The van der Waals surface area contributed by atoms with Gasteiger partial charge in [-0.2, -0.15) is 0 Å². The van der Waals surface area contributed by atoms with Gasteiger partial charge in [0.05, 0.1) is 32.0 Å². The lowest BCUT2D eigenvalue weighted by Gasteiger charge is -2.46. The second-order valence-corrected chi connectivity index (χ2v) is 13.0.